The third-order valence-corrected chi connectivity index (χ3v) is 3.82. The van der Waals surface area contributed by atoms with Gasteiger partial charge in [0.05, 0.1) is 11.2 Å². The zero-order valence-corrected chi connectivity index (χ0v) is 10.4. The first-order chi connectivity index (χ1) is 7.75. The second kappa shape index (κ2) is 5.00. The maximum Gasteiger partial charge on any atom is 0.259 e. The first-order valence-corrected chi connectivity index (χ1v) is 6.26. The van der Waals surface area contributed by atoms with Crippen LogP contribution in [-0.4, -0.2) is 41.9 Å². The van der Waals surface area contributed by atoms with Crippen LogP contribution in [0.1, 0.15) is 0 Å². The summed E-state index contributed by atoms with van der Waals surface area (Å²) in [6.07, 6.45) is -0.433. The summed E-state index contributed by atoms with van der Waals surface area (Å²) in [5, 5.41) is 12.4. The van der Waals surface area contributed by atoms with Crippen molar-refractivity contribution < 1.29 is 18.3 Å². The van der Waals surface area contributed by atoms with Gasteiger partial charge in [0.1, 0.15) is 6.10 Å². The van der Waals surface area contributed by atoms with Gasteiger partial charge in [0.25, 0.3) is 10.0 Å². The summed E-state index contributed by atoms with van der Waals surface area (Å²) in [5.74, 6) is -1.02. The van der Waals surface area contributed by atoms with E-state index in [1.807, 2.05) is 4.72 Å². The van der Waals surface area contributed by atoms with Crippen molar-refractivity contribution in [2.45, 2.75) is 11.1 Å². The second-order valence-electron chi connectivity index (χ2n) is 3.19. The lowest BCUT2D eigenvalue weighted by molar-refractivity contribution is -0.125. The van der Waals surface area contributed by atoms with E-state index >= 15 is 0 Å². The second-order valence-corrected chi connectivity index (χ2v) is 5.28. The van der Waals surface area contributed by atoms with Crippen molar-refractivity contribution in [1.82, 2.24) is 14.5 Å². The highest BCUT2D eigenvalue weighted by atomic mass is 35.5. The molecule has 1 atom stereocenters. The smallest absolute Gasteiger partial charge is 0.259 e. The normalized spacial score (nSPS) is 13.6. The number of amides is 1. The standard InChI is InChI=1S/C7H11ClN4O4S/c1-12-7(4(8)2-10-12)17(15,16)11-3-5(13)6(9)14/h2,5,11,13H,3H2,1H3,(H2,9,14). The van der Waals surface area contributed by atoms with Crippen molar-refractivity contribution in [1.29, 1.82) is 0 Å². The first kappa shape index (κ1) is 13.9. The molecule has 0 spiro atoms. The number of carbonyl (C=O) groups excluding carboxylic acids is 1. The van der Waals surface area contributed by atoms with Crippen LogP contribution in [0.15, 0.2) is 11.2 Å². The summed E-state index contributed by atoms with van der Waals surface area (Å²) in [5.41, 5.74) is 4.78. The van der Waals surface area contributed by atoms with Gasteiger partial charge in [0.2, 0.25) is 5.91 Å². The lowest BCUT2D eigenvalue weighted by Gasteiger charge is -2.09. The maximum atomic E-state index is 11.7. The van der Waals surface area contributed by atoms with Gasteiger partial charge in [-0.05, 0) is 0 Å². The molecule has 0 aliphatic heterocycles. The number of halogens is 1. The van der Waals surface area contributed by atoms with E-state index in [-0.39, 0.29) is 10.0 Å². The number of primary amides is 1. The Morgan fingerprint density at radius 1 is 1.76 bits per heavy atom. The van der Waals surface area contributed by atoms with Gasteiger partial charge in [-0.25, -0.2) is 13.1 Å². The van der Waals surface area contributed by atoms with Crippen LogP contribution in [0.3, 0.4) is 0 Å². The predicted octanol–water partition coefficient (Wildman–Crippen LogP) is -1.80. The largest absolute Gasteiger partial charge is 0.382 e. The minimum absolute atomic E-state index is 0.0615. The molecule has 1 heterocycles. The molecule has 1 rings (SSSR count). The molecule has 0 aromatic carbocycles. The molecule has 0 aliphatic rings. The number of rotatable bonds is 5. The molecule has 0 saturated carbocycles. The zero-order chi connectivity index (χ0) is 13.2. The van der Waals surface area contributed by atoms with Crippen LogP contribution >= 0.6 is 11.6 Å². The number of carbonyl (C=O) groups is 1. The average molecular weight is 283 g/mol. The van der Waals surface area contributed by atoms with Crippen LogP contribution in [-0.2, 0) is 21.9 Å². The average Bonchev–Trinajstić information content (AvgIpc) is 2.55. The summed E-state index contributed by atoms with van der Waals surface area (Å²) in [7, 11) is -2.56. The molecule has 1 amide bonds. The highest BCUT2D eigenvalue weighted by molar-refractivity contribution is 7.89. The van der Waals surface area contributed by atoms with E-state index in [0.717, 1.165) is 4.68 Å². The predicted molar refractivity (Wildman–Crippen MR) is 58.6 cm³/mol. The van der Waals surface area contributed by atoms with Gasteiger partial charge in [-0.2, -0.15) is 5.10 Å². The Hall–Kier alpha value is -1.16. The lowest BCUT2D eigenvalue weighted by Crippen LogP contribution is -2.40. The molecule has 0 aliphatic carbocycles. The fourth-order valence-corrected chi connectivity index (χ4v) is 2.75. The van der Waals surface area contributed by atoms with Crippen LogP contribution in [0.25, 0.3) is 0 Å². The van der Waals surface area contributed by atoms with E-state index in [9.17, 15) is 13.2 Å². The minimum atomic E-state index is -3.96. The Bertz CT molecular complexity index is 506. The number of nitrogens with zero attached hydrogens (tertiary/aromatic N) is 2. The lowest BCUT2D eigenvalue weighted by atomic mass is 10.3. The Morgan fingerprint density at radius 2 is 2.35 bits per heavy atom. The molecular weight excluding hydrogens is 272 g/mol. The van der Waals surface area contributed by atoms with E-state index in [1.165, 1.54) is 13.2 Å². The molecule has 1 aromatic rings. The van der Waals surface area contributed by atoms with E-state index in [1.54, 1.807) is 0 Å². The zero-order valence-electron chi connectivity index (χ0n) is 8.79. The van der Waals surface area contributed by atoms with Crippen molar-refractivity contribution in [3.05, 3.63) is 11.2 Å². The monoisotopic (exact) mass is 282 g/mol. The molecule has 8 nitrogen and oxygen atoms in total. The Labute approximate surface area is 102 Å². The van der Waals surface area contributed by atoms with E-state index in [4.69, 9.17) is 22.4 Å². The molecular formula is C7H11ClN4O4S. The van der Waals surface area contributed by atoms with Crippen molar-refractivity contribution in [2.75, 3.05) is 6.54 Å². The Kier molecular flexibility index (Phi) is 4.09. The number of nitrogens with one attached hydrogen (secondary N) is 1. The third kappa shape index (κ3) is 3.16. The van der Waals surface area contributed by atoms with Gasteiger partial charge >= 0.3 is 0 Å². The SMILES string of the molecule is Cn1ncc(Cl)c1S(=O)(=O)NCC(O)C(N)=O. The van der Waals surface area contributed by atoms with Crippen LogP contribution in [0.5, 0.6) is 0 Å². The Balaban J connectivity index is 2.87. The summed E-state index contributed by atoms with van der Waals surface area (Å²) in [4.78, 5) is 10.5. The molecule has 0 saturated heterocycles. The number of aliphatic hydroxyl groups excluding tert-OH is 1. The van der Waals surface area contributed by atoms with Gasteiger partial charge in [0.15, 0.2) is 5.03 Å². The summed E-state index contributed by atoms with van der Waals surface area (Å²) >= 11 is 5.65. The molecule has 96 valence electrons. The van der Waals surface area contributed by atoms with Crippen LogP contribution in [0, 0.1) is 0 Å². The molecule has 17 heavy (non-hydrogen) atoms. The van der Waals surface area contributed by atoms with Gasteiger partial charge < -0.3 is 10.8 Å². The molecule has 4 N–H and O–H groups in total. The van der Waals surface area contributed by atoms with Gasteiger partial charge in [-0.3, -0.25) is 9.48 Å². The molecule has 0 radical (unpaired) electrons. The van der Waals surface area contributed by atoms with Crippen molar-refractivity contribution in [2.24, 2.45) is 12.8 Å². The molecule has 0 fully saturated rings. The van der Waals surface area contributed by atoms with Crippen molar-refractivity contribution in [3.8, 4) is 0 Å². The number of sulfonamides is 1. The minimum Gasteiger partial charge on any atom is -0.382 e. The fraction of sp³-hybridized carbons (Fsp3) is 0.429. The van der Waals surface area contributed by atoms with E-state index in [2.05, 4.69) is 5.10 Å². The summed E-state index contributed by atoms with van der Waals surface area (Å²) in [6.45, 7) is -0.529. The van der Waals surface area contributed by atoms with E-state index < -0.39 is 28.6 Å². The Morgan fingerprint density at radius 3 is 2.76 bits per heavy atom. The van der Waals surface area contributed by atoms with Crippen molar-refractivity contribution >= 4 is 27.5 Å². The molecule has 10 heteroatoms. The number of nitrogens with two attached hydrogens (primary N) is 1. The van der Waals surface area contributed by atoms with Gasteiger partial charge in [-0.1, -0.05) is 11.6 Å². The van der Waals surface area contributed by atoms with Crippen LogP contribution in [0.2, 0.25) is 5.02 Å². The fourth-order valence-electron chi connectivity index (χ4n) is 1.06. The van der Waals surface area contributed by atoms with E-state index in [0.29, 0.717) is 0 Å². The highest BCUT2D eigenvalue weighted by Gasteiger charge is 2.24. The van der Waals surface area contributed by atoms with Crippen LogP contribution < -0.4 is 10.5 Å². The molecule has 1 aromatic heterocycles. The number of hydrogen-bond donors (Lipinski definition) is 3. The van der Waals surface area contributed by atoms with Gasteiger partial charge in [-0.15, -0.1) is 0 Å². The first-order valence-electron chi connectivity index (χ1n) is 4.40. The summed E-state index contributed by atoms with van der Waals surface area (Å²) in [6, 6.07) is 0. The number of aromatic nitrogens is 2. The quantitative estimate of drug-likeness (QED) is 0.587. The number of aliphatic hydroxyl groups is 1. The highest BCUT2D eigenvalue weighted by Crippen LogP contribution is 2.19. The summed E-state index contributed by atoms with van der Waals surface area (Å²) < 4.78 is 26.5. The molecule has 1 unspecified atom stereocenters. The molecule has 0 bridgehead atoms. The maximum absolute atomic E-state index is 11.7. The number of aryl methyl sites for hydroxylation is 1. The van der Waals surface area contributed by atoms with Gasteiger partial charge in [0, 0.05) is 13.6 Å². The van der Waals surface area contributed by atoms with Crippen molar-refractivity contribution in [3.63, 3.8) is 0 Å². The number of hydrogen-bond acceptors (Lipinski definition) is 5. The third-order valence-electron chi connectivity index (χ3n) is 1.89. The van der Waals surface area contributed by atoms with Crippen LogP contribution in [0.4, 0.5) is 0 Å². The topological polar surface area (TPSA) is 127 Å².